The monoisotopic (exact) mass is 432 g/mol. The molecular formula is C25H21ClN2O3. The highest BCUT2D eigenvalue weighted by Crippen LogP contribution is 2.30. The Morgan fingerprint density at radius 3 is 2.55 bits per heavy atom. The summed E-state index contributed by atoms with van der Waals surface area (Å²) >= 11 is 6.01. The number of ether oxygens (including phenoxy) is 2. The minimum absolute atomic E-state index is 0.0183. The number of carbonyl (C=O) groups is 1. The molecule has 0 fully saturated rings. The fourth-order valence-corrected chi connectivity index (χ4v) is 3.04. The number of halogens is 1. The molecule has 0 saturated heterocycles. The van der Waals surface area contributed by atoms with Crippen molar-refractivity contribution in [2.24, 2.45) is 0 Å². The average molecular weight is 433 g/mol. The fourth-order valence-electron chi connectivity index (χ4n) is 2.83. The van der Waals surface area contributed by atoms with E-state index in [-0.39, 0.29) is 5.57 Å². The molecule has 0 radical (unpaired) electrons. The van der Waals surface area contributed by atoms with Crippen molar-refractivity contribution in [3.63, 3.8) is 0 Å². The van der Waals surface area contributed by atoms with Crippen LogP contribution in [0.25, 0.3) is 6.08 Å². The highest BCUT2D eigenvalue weighted by Gasteiger charge is 2.11. The van der Waals surface area contributed by atoms with Crippen LogP contribution in [0.1, 0.15) is 16.7 Å². The van der Waals surface area contributed by atoms with Gasteiger partial charge in [0.1, 0.15) is 18.2 Å². The zero-order chi connectivity index (χ0) is 22.2. The summed E-state index contributed by atoms with van der Waals surface area (Å²) in [6, 6.07) is 21.9. The van der Waals surface area contributed by atoms with E-state index in [1.165, 1.54) is 13.2 Å². The zero-order valence-corrected chi connectivity index (χ0v) is 17.9. The van der Waals surface area contributed by atoms with Crippen LogP contribution in [0.4, 0.5) is 5.69 Å². The van der Waals surface area contributed by atoms with Gasteiger partial charge in [-0.25, -0.2) is 0 Å². The predicted octanol–water partition coefficient (Wildman–Crippen LogP) is 5.78. The Kier molecular flexibility index (Phi) is 7.31. The summed E-state index contributed by atoms with van der Waals surface area (Å²) in [6.07, 6.45) is 1.51. The van der Waals surface area contributed by atoms with Crippen LogP contribution >= 0.6 is 11.6 Å². The first-order valence-electron chi connectivity index (χ1n) is 9.53. The lowest BCUT2D eigenvalue weighted by Gasteiger charge is -2.12. The zero-order valence-electron chi connectivity index (χ0n) is 17.2. The minimum Gasteiger partial charge on any atom is -0.493 e. The molecule has 0 spiro atoms. The molecule has 0 aliphatic rings. The molecule has 31 heavy (non-hydrogen) atoms. The van der Waals surface area contributed by atoms with Crippen LogP contribution in [0, 0.1) is 18.3 Å². The molecule has 0 aliphatic heterocycles. The Morgan fingerprint density at radius 1 is 1.10 bits per heavy atom. The van der Waals surface area contributed by atoms with Crippen LogP contribution < -0.4 is 14.8 Å². The van der Waals surface area contributed by atoms with Gasteiger partial charge in [0.15, 0.2) is 11.5 Å². The SMILES string of the molecule is COc1cc(/C=C(\C#N)C(=O)Nc2ccc(C)cc2)ccc1OCc1cccc(Cl)c1. The molecule has 0 aliphatic carbocycles. The van der Waals surface area contributed by atoms with E-state index in [9.17, 15) is 10.1 Å². The Labute approximate surface area is 186 Å². The molecule has 0 atom stereocenters. The third-order valence-corrected chi connectivity index (χ3v) is 4.69. The fraction of sp³-hybridized carbons (Fsp3) is 0.120. The van der Waals surface area contributed by atoms with Gasteiger partial charge in [0.2, 0.25) is 0 Å². The van der Waals surface area contributed by atoms with Gasteiger partial charge in [-0.15, -0.1) is 0 Å². The van der Waals surface area contributed by atoms with Crippen molar-refractivity contribution >= 4 is 29.3 Å². The number of amides is 1. The van der Waals surface area contributed by atoms with E-state index >= 15 is 0 Å². The van der Waals surface area contributed by atoms with Crippen molar-refractivity contribution in [3.05, 3.63) is 94.0 Å². The lowest BCUT2D eigenvalue weighted by Crippen LogP contribution is -2.13. The van der Waals surface area contributed by atoms with Gasteiger partial charge in [0.05, 0.1) is 7.11 Å². The van der Waals surface area contributed by atoms with Gasteiger partial charge < -0.3 is 14.8 Å². The standard InChI is InChI=1S/C25H21ClN2O3/c1-17-6-9-22(10-7-17)28-25(29)20(15-27)12-18-8-11-23(24(14-18)30-2)31-16-19-4-3-5-21(26)13-19/h3-14H,16H2,1-2H3,(H,28,29)/b20-12+. The Morgan fingerprint density at radius 2 is 1.87 bits per heavy atom. The van der Waals surface area contributed by atoms with Crippen LogP contribution in [0.2, 0.25) is 5.02 Å². The first-order valence-corrected chi connectivity index (χ1v) is 9.91. The smallest absolute Gasteiger partial charge is 0.266 e. The minimum atomic E-state index is -0.480. The normalized spacial score (nSPS) is 10.8. The lowest BCUT2D eigenvalue weighted by atomic mass is 10.1. The van der Waals surface area contributed by atoms with E-state index < -0.39 is 5.91 Å². The van der Waals surface area contributed by atoms with Gasteiger partial charge in [-0.1, -0.05) is 47.5 Å². The maximum atomic E-state index is 12.5. The molecule has 3 aromatic rings. The number of nitrogens with one attached hydrogen (secondary N) is 1. The molecule has 0 aromatic heterocycles. The maximum absolute atomic E-state index is 12.5. The second kappa shape index (κ2) is 10.3. The average Bonchev–Trinajstić information content (AvgIpc) is 2.77. The predicted molar refractivity (Wildman–Crippen MR) is 122 cm³/mol. The number of rotatable bonds is 7. The largest absolute Gasteiger partial charge is 0.493 e. The lowest BCUT2D eigenvalue weighted by molar-refractivity contribution is -0.112. The second-order valence-electron chi connectivity index (χ2n) is 6.82. The van der Waals surface area contributed by atoms with Gasteiger partial charge >= 0.3 is 0 Å². The van der Waals surface area contributed by atoms with Gasteiger partial charge in [0, 0.05) is 10.7 Å². The molecule has 0 saturated carbocycles. The van der Waals surface area contributed by atoms with Crippen molar-refractivity contribution in [2.75, 3.05) is 12.4 Å². The van der Waals surface area contributed by atoms with Gasteiger partial charge in [0.25, 0.3) is 5.91 Å². The summed E-state index contributed by atoms with van der Waals surface area (Å²) in [5.74, 6) is 0.556. The third kappa shape index (κ3) is 6.11. The number of nitriles is 1. The van der Waals surface area contributed by atoms with Crippen molar-refractivity contribution in [2.45, 2.75) is 13.5 Å². The Bertz CT molecular complexity index is 1150. The molecule has 0 unspecified atom stereocenters. The van der Waals surface area contributed by atoms with Gasteiger partial charge in [-0.2, -0.15) is 5.26 Å². The Hall–Kier alpha value is -3.75. The molecule has 0 heterocycles. The number of carbonyl (C=O) groups excluding carboxylic acids is 1. The first kappa shape index (κ1) is 21.9. The van der Waals surface area contributed by atoms with Crippen molar-refractivity contribution in [1.29, 1.82) is 5.26 Å². The highest BCUT2D eigenvalue weighted by molar-refractivity contribution is 6.30. The molecule has 1 amide bonds. The highest BCUT2D eigenvalue weighted by atomic mass is 35.5. The van der Waals surface area contributed by atoms with E-state index in [4.69, 9.17) is 21.1 Å². The molecule has 3 aromatic carbocycles. The first-order chi connectivity index (χ1) is 15.0. The van der Waals surface area contributed by atoms with Crippen molar-refractivity contribution in [1.82, 2.24) is 0 Å². The van der Waals surface area contributed by atoms with E-state index in [2.05, 4.69) is 5.32 Å². The quantitative estimate of drug-likeness (QED) is 0.379. The Balaban J connectivity index is 1.74. The molecule has 0 bridgehead atoms. The number of hydrogen-bond acceptors (Lipinski definition) is 4. The number of benzene rings is 3. The number of methoxy groups -OCH3 is 1. The van der Waals surface area contributed by atoms with Crippen LogP contribution in [0.5, 0.6) is 11.5 Å². The van der Waals surface area contributed by atoms with E-state index in [0.717, 1.165) is 11.1 Å². The topological polar surface area (TPSA) is 71.3 Å². The van der Waals surface area contributed by atoms with Crippen molar-refractivity contribution < 1.29 is 14.3 Å². The number of hydrogen-bond donors (Lipinski definition) is 1. The summed E-state index contributed by atoms with van der Waals surface area (Å²) in [6.45, 7) is 2.29. The second-order valence-corrected chi connectivity index (χ2v) is 7.26. The summed E-state index contributed by atoms with van der Waals surface area (Å²) in [7, 11) is 1.53. The maximum Gasteiger partial charge on any atom is 0.266 e. The third-order valence-electron chi connectivity index (χ3n) is 4.46. The van der Waals surface area contributed by atoms with Gasteiger partial charge in [-0.3, -0.25) is 4.79 Å². The van der Waals surface area contributed by atoms with Crippen LogP contribution in [0.15, 0.2) is 72.3 Å². The van der Waals surface area contributed by atoms with E-state index in [0.29, 0.717) is 34.4 Å². The van der Waals surface area contributed by atoms with E-state index in [1.807, 2.05) is 43.3 Å². The summed E-state index contributed by atoms with van der Waals surface area (Å²) in [5.41, 5.74) is 3.26. The number of anilines is 1. The van der Waals surface area contributed by atoms with Crippen molar-refractivity contribution in [3.8, 4) is 17.6 Å². The molecule has 5 nitrogen and oxygen atoms in total. The molecule has 6 heteroatoms. The van der Waals surface area contributed by atoms with Crippen LogP contribution in [-0.4, -0.2) is 13.0 Å². The number of nitrogens with zero attached hydrogens (tertiary/aromatic N) is 1. The summed E-state index contributed by atoms with van der Waals surface area (Å²) in [4.78, 5) is 12.5. The number of aryl methyl sites for hydroxylation is 1. The van der Waals surface area contributed by atoms with E-state index in [1.54, 1.807) is 36.4 Å². The molecular weight excluding hydrogens is 412 g/mol. The van der Waals surface area contributed by atoms with Crippen LogP contribution in [0.3, 0.4) is 0 Å². The molecule has 3 rings (SSSR count). The van der Waals surface area contributed by atoms with Crippen LogP contribution in [-0.2, 0) is 11.4 Å². The molecule has 156 valence electrons. The van der Waals surface area contributed by atoms with Gasteiger partial charge in [-0.05, 0) is 60.5 Å². The summed E-state index contributed by atoms with van der Waals surface area (Å²) in [5, 5.41) is 12.8. The molecule has 1 N–H and O–H groups in total. The summed E-state index contributed by atoms with van der Waals surface area (Å²) < 4.78 is 11.3.